The van der Waals surface area contributed by atoms with E-state index in [0.717, 1.165) is 23.7 Å². The molecular formula is C11H10F2N2OS. The van der Waals surface area contributed by atoms with Crippen LogP contribution in [0.5, 0.6) is 0 Å². The Labute approximate surface area is 101 Å². The lowest BCUT2D eigenvalue weighted by Gasteiger charge is -2.08. The zero-order valence-electron chi connectivity index (χ0n) is 9.02. The normalized spacial score (nSPS) is 12.7. The summed E-state index contributed by atoms with van der Waals surface area (Å²) >= 11 is 1.11. The van der Waals surface area contributed by atoms with Gasteiger partial charge >= 0.3 is 0 Å². The number of aromatic nitrogens is 2. The summed E-state index contributed by atoms with van der Waals surface area (Å²) in [4.78, 5) is 0.648. The van der Waals surface area contributed by atoms with E-state index in [-0.39, 0.29) is 6.42 Å². The summed E-state index contributed by atoms with van der Waals surface area (Å²) in [5.74, 6) is -1.80. The molecular weight excluding hydrogens is 246 g/mol. The molecule has 1 aromatic carbocycles. The van der Waals surface area contributed by atoms with Crippen LogP contribution in [0.15, 0.2) is 18.2 Å². The van der Waals surface area contributed by atoms with Gasteiger partial charge in [-0.25, -0.2) is 8.78 Å². The molecule has 0 spiro atoms. The Hall–Kier alpha value is -1.40. The lowest BCUT2D eigenvalue weighted by molar-refractivity contribution is 0.181. The van der Waals surface area contributed by atoms with E-state index in [1.54, 1.807) is 6.92 Å². The first-order valence-electron chi connectivity index (χ1n) is 4.98. The standard InChI is InChI=1S/C11H10F2N2OS/c1-6-11(17-15-14-6)10(16)5-7-2-3-8(12)9(13)4-7/h2-4,10,16H,5H2,1H3. The molecule has 0 aliphatic heterocycles. The monoisotopic (exact) mass is 256 g/mol. The third-order valence-electron chi connectivity index (χ3n) is 2.40. The third-order valence-corrected chi connectivity index (χ3v) is 3.33. The van der Waals surface area contributed by atoms with Gasteiger partial charge in [0.2, 0.25) is 0 Å². The quantitative estimate of drug-likeness (QED) is 0.917. The molecule has 90 valence electrons. The highest BCUT2D eigenvalue weighted by Gasteiger charge is 2.15. The molecule has 3 nitrogen and oxygen atoms in total. The van der Waals surface area contributed by atoms with Gasteiger partial charge in [-0.05, 0) is 36.2 Å². The van der Waals surface area contributed by atoms with E-state index < -0.39 is 17.7 Å². The van der Waals surface area contributed by atoms with Gasteiger partial charge in [0.15, 0.2) is 11.6 Å². The number of aliphatic hydroxyl groups excluding tert-OH is 1. The molecule has 0 bridgehead atoms. The molecule has 1 aromatic heterocycles. The van der Waals surface area contributed by atoms with Gasteiger partial charge in [0.1, 0.15) is 0 Å². The minimum atomic E-state index is -0.908. The minimum Gasteiger partial charge on any atom is -0.387 e. The van der Waals surface area contributed by atoms with Crippen molar-refractivity contribution in [1.29, 1.82) is 0 Å². The maximum absolute atomic E-state index is 13.0. The van der Waals surface area contributed by atoms with Gasteiger partial charge in [0, 0.05) is 6.42 Å². The van der Waals surface area contributed by atoms with E-state index in [0.29, 0.717) is 16.1 Å². The molecule has 6 heteroatoms. The fourth-order valence-corrected chi connectivity index (χ4v) is 2.15. The lowest BCUT2D eigenvalue weighted by Crippen LogP contribution is -2.02. The van der Waals surface area contributed by atoms with Crippen LogP contribution >= 0.6 is 11.5 Å². The Kier molecular flexibility index (Phi) is 3.44. The topological polar surface area (TPSA) is 46.0 Å². The van der Waals surface area contributed by atoms with E-state index in [1.807, 2.05) is 0 Å². The van der Waals surface area contributed by atoms with Crippen molar-refractivity contribution < 1.29 is 13.9 Å². The molecule has 0 aliphatic rings. The Morgan fingerprint density at radius 3 is 2.71 bits per heavy atom. The Bertz CT molecular complexity index is 530. The first kappa shape index (κ1) is 12.1. The van der Waals surface area contributed by atoms with Gasteiger partial charge in [-0.3, -0.25) is 0 Å². The number of aryl methyl sites for hydroxylation is 1. The summed E-state index contributed by atoms with van der Waals surface area (Å²) < 4.78 is 29.4. The van der Waals surface area contributed by atoms with Gasteiger partial charge in [-0.2, -0.15) is 0 Å². The van der Waals surface area contributed by atoms with Crippen molar-refractivity contribution in [3.8, 4) is 0 Å². The average Bonchev–Trinajstić information content (AvgIpc) is 2.70. The number of halogens is 2. The van der Waals surface area contributed by atoms with Crippen LogP contribution in [-0.2, 0) is 6.42 Å². The zero-order valence-corrected chi connectivity index (χ0v) is 9.84. The van der Waals surface area contributed by atoms with Crippen LogP contribution in [0.4, 0.5) is 8.78 Å². The molecule has 0 saturated carbocycles. The maximum Gasteiger partial charge on any atom is 0.159 e. The largest absolute Gasteiger partial charge is 0.387 e. The van der Waals surface area contributed by atoms with Crippen LogP contribution in [0.2, 0.25) is 0 Å². The number of benzene rings is 1. The lowest BCUT2D eigenvalue weighted by atomic mass is 10.1. The van der Waals surface area contributed by atoms with Crippen LogP contribution in [0.25, 0.3) is 0 Å². The van der Waals surface area contributed by atoms with Crippen molar-refractivity contribution in [2.24, 2.45) is 0 Å². The third kappa shape index (κ3) is 2.65. The molecule has 2 rings (SSSR count). The summed E-state index contributed by atoms with van der Waals surface area (Å²) in [6.07, 6.45) is -0.582. The average molecular weight is 256 g/mol. The summed E-state index contributed by atoms with van der Waals surface area (Å²) in [7, 11) is 0. The van der Waals surface area contributed by atoms with Crippen molar-refractivity contribution in [2.45, 2.75) is 19.4 Å². The SMILES string of the molecule is Cc1nnsc1C(O)Cc1ccc(F)c(F)c1. The van der Waals surface area contributed by atoms with Crippen LogP contribution in [0.1, 0.15) is 22.2 Å². The second-order valence-corrected chi connectivity index (χ2v) is 4.48. The van der Waals surface area contributed by atoms with Crippen molar-refractivity contribution in [3.63, 3.8) is 0 Å². The highest BCUT2D eigenvalue weighted by molar-refractivity contribution is 7.05. The van der Waals surface area contributed by atoms with Crippen molar-refractivity contribution in [1.82, 2.24) is 9.59 Å². The first-order chi connectivity index (χ1) is 8.08. The molecule has 0 aliphatic carbocycles. The van der Waals surface area contributed by atoms with E-state index in [2.05, 4.69) is 9.59 Å². The van der Waals surface area contributed by atoms with E-state index in [1.165, 1.54) is 6.07 Å². The highest BCUT2D eigenvalue weighted by atomic mass is 32.1. The maximum atomic E-state index is 13.0. The number of hydrogen-bond donors (Lipinski definition) is 1. The predicted octanol–water partition coefficient (Wildman–Crippen LogP) is 2.40. The first-order valence-corrected chi connectivity index (χ1v) is 5.76. The second kappa shape index (κ2) is 4.85. The Balaban J connectivity index is 2.16. The molecule has 2 aromatic rings. The molecule has 1 heterocycles. The summed E-state index contributed by atoms with van der Waals surface area (Å²) in [6, 6.07) is 3.59. The van der Waals surface area contributed by atoms with Crippen LogP contribution < -0.4 is 0 Å². The van der Waals surface area contributed by atoms with Crippen LogP contribution in [-0.4, -0.2) is 14.7 Å². The Morgan fingerprint density at radius 1 is 1.35 bits per heavy atom. The van der Waals surface area contributed by atoms with E-state index in [9.17, 15) is 13.9 Å². The smallest absolute Gasteiger partial charge is 0.159 e. The minimum absolute atomic E-state index is 0.210. The fraction of sp³-hybridized carbons (Fsp3) is 0.273. The van der Waals surface area contributed by atoms with Gasteiger partial charge in [0.05, 0.1) is 16.7 Å². The molecule has 0 saturated heterocycles. The van der Waals surface area contributed by atoms with Gasteiger partial charge in [0.25, 0.3) is 0 Å². The van der Waals surface area contributed by atoms with E-state index in [4.69, 9.17) is 0 Å². The number of hydrogen-bond acceptors (Lipinski definition) is 4. The molecule has 0 radical (unpaired) electrons. The molecule has 1 unspecified atom stereocenters. The van der Waals surface area contributed by atoms with Gasteiger partial charge in [-0.1, -0.05) is 10.6 Å². The molecule has 1 N–H and O–H groups in total. The van der Waals surface area contributed by atoms with Crippen molar-refractivity contribution in [2.75, 3.05) is 0 Å². The zero-order chi connectivity index (χ0) is 12.4. The van der Waals surface area contributed by atoms with Gasteiger partial charge < -0.3 is 5.11 Å². The van der Waals surface area contributed by atoms with Gasteiger partial charge in [-0.15, -0.1) is 5.10 Å². The molecule has 1 atom stereocenters. The van der Waals surface area contributed by atoms with Crippen LogP contribution in [0.3, 0.4) is 0 Å². The molecule has 17 heavy (non-hydrogen) atoms. The predicted molar refractivity (Wildman–Crippen MR) is 59.7 cm³/mol. The summed E-state index contributed by atoms with van der Waals surface area (Å²) in [6.45, 7) is 1.74. The summed E-state index contributed by atoms with van der Waals surface area (Å²) in [5.41, 5.74) is 1.19. The summed E-state index contributed by atoms with van der Waals surface area (Å²) in [5, 5.41) is 13.7. The fourth-order valence-electron chi connectivity index (χ4n) is 1.53. The van der Waals surface area contributed by atoms with Crippen molar-refractivity contribution in [3.05, 3.63) is 46.0 Å². The van der Waals surface area contributed by atoms with Crippen LogP contribution in [0, 0.1) is 18.6 Å². The Morgan fingerprint density at radius 2 is 2.12 bits per heavy atom. The second-order valence-electron chi connectivity index (χ2n) is 3.69. The molecule has 0 amide bonds. The van der Waals surface area contributed by atoms with Crippen molar-refractivity contribution >= 4 is 11.5 Å². The van der Waals surface area contributed by atoms with E-state index >= 15 is 0 Å². The number of aliphatic hydroxyl groups is 1. The molecule has 0 fully saturated rings. The highest BCUT2D eigenvalue weighted by Crippen LogP contribution is 2.23. The number of nitrogens with zero attached hydrogens (tertiary/aromatic N) is 2. The number of rotatable bonds is 3.